The van der Waals surface area contributed by atoms with Crippen LogP contribution in [0.3, 0.4) is 0 Å². The maximum atomic E-state index is 13.7. The van der Waals surface area contributed by atoms with Crippen LogP contribution < -0.4 is 4.31 Å². The van der Waals surface area contributed by atoms with Crippen molar-refractivity contribution in [2.45, 2.75) is 44.4 Å². The zero-order chi connectivity index (χ0) is 22.1. The first-order valence-corrected chi connectivity index (χ1v) is 12.1. The molecule has 30 heavy (non-hydrogen) atoms. The van der Waals surface area contributed by atoms with E-state index in [1.807, 2.05) is 39.8 Å². The summed E-state index contributed by atoms with van der Waals surface area (Å²) in [7, 11) is -3.88. The highest BCUT2D eigenvalue weighted by atomic mass is 79.9. The van der Waals surface area contributed by atoms with Crippen LogP contribution in [0.1, 0.15) is 50.7 Å². The van der Waals surface area contributed by atoms with Gasteiger partial charge in [-0.1, -0.05) is 61.8 Å². The maximum Gasteiger partial charge on any atom is 0.268 e. The van der Waals surface area contributed by atoms with E-state index in [0.29, 0.717) is 11.4 Å². The van der Waals surface area contributed by atoms with Gasteiger partial charge in [0.05, 0.1) is 16.3 Å². The van der Waals surface area contributed by atoms with Crippen molar-refractivity contribution >= 4 is 37.3 Å². The minimum absolute atomic E-state index is 0.0358. The molecule has 0 spiro atoms. The molecule has 1 N–H and O–H groups in total. The summed E-state index contributed by atoms with van der Waals surface area (Å²) in [4.78, 5) is 0.207. The third kappa shape index (κ3) is 4.40. The van der Waals surface area contributed by atoms with Crippen molar-refractivity contribution in [3.63, 3.8) is 0 Å². The molecule has 0 aliphatic carbocycles. The number of halogens is 1. The molecule has 0 fully saturated rings. The number of hydrogen-bond donors (Lipinski definition) is 1. The fourth-order valence-electron chi connectivity index (χ4n) is 3.36. The average molecular weight is 488 g/mol. The van der Waals surface area contributed by atoms with Gasteiger partial charge < -0.3 is 5.11 Å². The zero-order valence-electron chi connectivity index (χ0n) is 17.5. The molecule has 6 heteroatoms. The highest BCUT2D eigenvalue weighted by Crippen LogP contribution is 2.41. The highest BCUT2D eigenvalue weighted by molar-refractivity contribution is 9.10. The summed E-state index contributed by atoms with van der Waals surface area (Å²) in [5.41, 5.74) is 2.48. The molecule has 4 nitrogen and oxygen atoms in total. The molecular weight excluding hydrogens is 462 g/mol. The fourth-order valence-corrected chi connectivity index (χ4v) is 5.12. The molecule has 0 saturated heterocycles. The Labute approximate surface area is 187 Å². The van der Waals surface area contributed by atoms with E-state index < -0.39 is 10.0 Å². The SMILES string of the molecule is CC(C)c1cc(N(c2ccc(Br)cc2)S(=O)(=O)c2ccccc2)cc(C(C)C)c1O. The van der Waals surface area contributed by atoms with Gasteiger partial charge >= 0.3 is 0 Å². The van der Waals surface area contributed by atoms with E-state index in [-0.39, 0.29) is 22.5 Å². The van der Waals surface area contributed by atoms with Gasteiger partial charge in [-0.15, -0.1) is 0 Å². The van der Waals surface area contributed by atoms with Gasteiger partial charge in [0, 0.05) is 4.47 Å². The van der Waals surface area contributed by atoms with E-state index >= 15 is 0 Å². The van der Waals surface area contributed by atoms with E-state index in [0.717, 1.165) is 15.6 Å². The molecule has 0 atom stereocenters. The molecule has 3 aromatic carbocycles. The Hall–Kier alpha value is -2.31. The molecule has 3 rings (SSSR count). The van der Waals surface area contributed by atoms with Crippen LogP contribution in [0.15, 0.2) is 76.1 Å². The molecule has 0 aliphatic rings. The molecule has 0 amide bonds. The van der Waals surface area contributed by atoms with E-state index in [9.17, 15) is 13.5 Å². The van der Waals surface area contributed by atoms with Crippen molar-refractivity contribution in [3.8, 4) is 5.75 Å². The molecule has 0 aromatic heterocycles. The fraction of sp³-hybridized carbons (Fsp3) is 0.250. The number of rotatable bonds is 6. The number of nitrogens with zero attached hydrogens (tertiary/aromatic N) is 1. The summed E-state index contributed by atoms with van der Waals surface area (Å²) >= 11 is 3.42. The lowest BCUT2D eigenvalue weighted by atomic mass is 9.93. The number of sulfonamides is 1. The van der Waals surface area contributed by atoms with Gasteiger partial charge in [-0.2, -0.15) is 0 Å². The predicted molar refractivity (Wildman–Crippen MR) is 126 cm³/mol. The number of anilines is 2. The maximum absolute atomic E-state index is 13.7. The Balaban J connectivity index is 2.32. The highest BCUT2D eigenvalue weighted by Gasteiger charge is 2.29. The van der Waals surface area contributed by atoms with Crippen LogP contribution in [0, 0.1) is 0 Å². The topological polar surface area (TPSA) is 57.6 Å². The van der Waals surface area contributed by atoms with Crippen LogP contribution in [0.2, 0.25) is 0 Å². The third-order valence-electron chi connectivity index (χ3n) is 4.97. The van der Waals surface area contributed by atoms with Crippen molar-refractivity contribution in [1.29, 1.82) is 0 Å². The second kappa shape index (κ2) is 8.82. The summed E-state index contributed by atoms with van der Waals surface area (Å²) in [5.74, 6) is 0.305. The zero-order valence-corrected chi connectivity index (χ0v) is 19.9. The lowest BCUT2D eigenvalue weighted by Gasteiger charge is -2.27. The summed E-state index contributed by atoms with van der Waals surface area (Å²) in [5, 5.41) is 10.8. The van der Waals surface area contributed by atoms with Crippen molar-refractivity contribution in [2.75, 3.05) is 4.31 Å². The van der Waals surface area contributed by atoms with Gasteiger partial charge in [0.2, 0.25) is 0 Å². The minimum Gasteiger partial charge on any atom is -0.507 e. The van der Waals surface area contributed by atoms with Crippen LogP contribution in [0.5, 0.6) is 5.75 Å². The molecule has 0 bridgehead atoms. The van der Waals surface area contributed by atoms with E-state index in [2.05, 4.69) is 15.9 Å². The molecule has 0 saturated carbocycles. The van der Waals surface area contributed by atoms with Gasteiger partial charge in [0.15, 0.2) is 0 Å². The van der Waals surface area contributed by atoms with Crippen LogP contribution >= 0.6 is 15.9 Å². The number of phenolic OH excluding ortho intramolecular Hbond substituents is 1. The standard InChI is InChI=1S/C24H26BrNO3S/c1-16(2)22-14-20(15-23(17(3)4)24(22)27)26(19-12-10-18(25)11-13-19)30(28,29)21-8-6-5-7-9-21/h5-17,27H,1-4H3. The average Bonchev–Trinajstić information content (AvgIpc) is 2.70. The summed E-state index contributed by atoms with van der Waals surface area (Å²) in [6, 6.07) is 19.1. The minimum atomic E-state index is -3.88. The number of aromatic hydroxyl groups is 1. The molecule has 158 valence electrons. The molecular formula is C24H26BrNO3S. The number of phenols is 1. The van der Waals surface area contributed by atoms with Crippen molar-refractivity contribution < 1.29 is 13.5 Å². The van der Waals surface area contributed by atoms with E-state index in [1.54, 1.807) is 54.6 Å². The van der Waals surface area contributed by atoms with Crippen LogP contribution in [0.4, 0.5) is 11.4 Å². The Morgan fingerprint density at radius 3 is 1.77 bits per heavy atom. The Bertz CT molecular complexity index is 1100. The largest absolute Gasteiger partial charge is 0.507 e. The first kappa shape index (κ1) is 22.4. The lowest BCUT2D eigenvalue weighted by Crippen LogP contribution is -2.26. The monoisotopic (exact) mass is 487 g/mol. The quantitative estimate of drug-likeness (QED) is 0.409. The Morgan fingerprint density at radius 2 is 1.30 bits per heavy atom. The van der Waals surface area contributed by atoms with Gasteiger partial charge in [-0.25, -0.2) is 12.7 Å². The summed E-state index contributed by atoms with van der Waals surface area (Å²) in [6.45, 7) is 7.94. The molecule has 0 unspecified atom stereocenters. The van der Waals surface area contributed by atoms with Crippen LogP contribution in [-0.2, 0) is 10.0 Å². The van der Waals surface area contributed by atoms with Crippen LogP contribution in [0.25, 0.3) is 0 Å². The molecule has 0 aliphatic heterocycles. The second-order valence-electron chi connectivity index (χ2n) is 7.84. The van der Waals surface area contributed by atoms with Crippen LogP contribution in [-0.4, -0.2) is 13.5 Å². The Morgan fingerprint density at radius 1 is 0.800 bits per heavy atom. The molecule has 3 aromatic rings. The second-order valence-corrected chi connectivity index (χ2v) is 10.5. The molecule has 0 heterocycles. The van der Waals surface area contributed by atoms with Gasteiger partial charge in [-0.05, 0) is 71.5 Å². The molecule has 0 radical (unpaired) electrons. The number of hydrogen-bond acceptors (Lipinski definition) is 3. The lowest BCUT2D eigenvalue weighted by molar-refractivity contribution is 0.454. The van der Waals surface area contributed by atoms with E-state index in [4.69, 9.17) is 0 Å². The first-order chi connectivity index (χ1) is 14.1. The smallest absolute Gasteiger partial charge is 0.268 e. The normalized spacial score (nSPS) is 11.8. The first-order valence-electron chi connectivity index (χ1n) is 9.85. The third-order valence-corrected chi connectivity index (χ3v) is 7.27. The van der Waals surface area contributed by atoms with Gasteiger partial charge in [0.1, 0.15) is 5.75 Å². The van der Waals surface area contributed by atoms with Crippen molar-refractivity contribution in [1.82, 2.24) is 0 Å². The van der Waals surface area contributed by atoms with Crippen molar-refractivity contribution in [2.24, 2.45) is 0 Å². The van der Waals surface area contributed by atoms with Gasteiger partial charge in [-0.3, -0.25) is 0 Å². The van der Waals surface area contributed by atoms with E-state index in [1.165, 1.54) is 4.31 Å². The van der Waals surface area contributed by atoms with Gasteiger partial charge in [0.25, 0.3) is 10.0 Å². The Kier molecular flexibility index (Phi) is 6.58. The number of benzene rings is 3. The summed E-state index contributed by atoms with van der Waals surface area (Å²) < 4.78 is 29.6. The summed E-state index contributed by atoms with van der Waals surface area (Å²) in [6.07, 6.45) is 0. The van der Waals surface area contributed by atoms with Crippen molar-refractivity contribution in [3.05, 3.63) is 82.3 Å². The predicted octanol–water partition coefficient (Wildman–Crippen LogP) is 6.93.